The minimum atomic E-state index is 0.442. The van der Waals surface area contributed by atoms with Crippen molar-refractivity contribution in [3.63, 3.8) is 0 Å². The van der Waals surface area contributed by atoms with Crippen LogP contribution in [0.15, 0.2) is 18.2 Å². The van der Waals surface area contributed by atoms with Gasteiger partial charge in [-0.2, -0.15) is 5.10 Å². The van der Waals surface area contributed by atoms with E-state index in [9.17, 15) is 0 Å². The molecule has 1 aromatic heterocycles. The third-order valence-corrected chi connectivity index (χ3v) is 3.86. The first-order chi connectivity index (χ1) is 9.04. The second-order valence-electron chi connectivity index (χ2n) is 4.65. The first-order valence-electron chi connectivity index (χ1n) is 6.45. The lowest BCUT2D eigenvalue weighted by atomic mass is 10.1. The van der Waals surface area contributed by atoms with E-state index >= 15 is 0 Å². The Morgan fingerprint density at radius 3 is 2.68 bits per heavy atom. The molecule has 1 heterocycles. The Balaban J connectivity index is 2.21. The monoisotopic (exact) mass is 278 g/mol. The number of hydrogen-bond acceptors (Lipinski definition) is 2. The van der Waals surface area contributed by atoms with Crippen LogP contribution in [0.25, 0.3) is 0 Å². The number of nitrogens with zero attached hydrogens (tertiary/aromatic N) is 2. The highest BCUT2D eigenvalue weighted by Crippen LogP contribution is 2.25. The lowest BCUT2D eigenvalue weighted by Crippen LogP contribution is -2.07. The number of aromatic nitrogens is 2. The first-order valence-corrected chi connectivity index (χ1v) is 6.83. The lowest BCUT2D eigenvalue weighted by Gasteiger charge is -2.12. The van der Waals surface area contributed by atoms with Gasteiger partial charge in [0, 0.05) is 6.54 Å². The second-order valence-corrected chi connectivity index (χ2v) is 5.03. The molecule has 4 heteroatoms. The molecule has 1 aromatic carbocycles. The Bertz CT molecular complexity index is 590. The molecule has 0 aliphatic carbocycles. The van der Waals surface area contributed by atoms with Crippen molar-refractivity contribution < 1.29 is 4.74 Å². The fraction of sp³-hybridized carbons (Fsp3) is 0.400. The van der Waals surface area contributed by atoms with Gasteiger partial charge < -0.3 is 4.74 Å². The molecule has 19 heavy (non-hydrogen) atoms. The molecule has 3 nitrogen and oxygen atoms in total. The van der Waals surface area contributed by atoms with Crippen LogP contribution in [-0.4, -0.2) is 9.78 Å². The smallest absolute Gasteiger partial charge is 0.131 e. The summed E-state index contributed by atoms with van der Waals surface area (Å²) in [5.74, 6) is 0.901. The largest absolute Gasteiger partial charge is 0.487 e. The summed E-state index contributed by atoms with van der Waals surface area (Å²) < 4.78 is 7.79. The number of benzene rings is 1. The molecule has 0 unspecified atom stereocenters. The summed E-state index contributed by atoms with van der Waals surface area (Å²) in [5, 5.41) is 5.09. The molecule has 0 fully saturated rings. The summed E-state index contributed by atoms with van der Waals surface area (Å²) >= 11 is 6.27. The standard InChI is InChI=1S/C15H19ClN2O/c1-5-18-13(15(16)12(4)17-18)9-19-14-8-6-7-10(2)11(14)3/h6-8H,5,9H2,1-4H3. The van der Waals surface area contributed by atoms with Crippen molar-refractivity contribution in [2.24, 2.45) is 0 Å². The van der Waals surface area contributed by atoms with E-state index in [1.807, 2.05) is 30.7 Å². The fourth-order valence-electron chi connectivity index (χ4n) is 2.03. The highest BCUT2D eigenvalue weighted by atomic mass is 35.5. The molecule has 0 N–H and O–H groups in total. The minimum Gasteiger partial charge on any atom is -0.487 e. The second kappa shape index (κ2) is 5.66. The van der Waals surface area contributed by atoms with Crippen LogP contribution in [0.4, 0.5) is 0 Å². The lowest BCUT2D eigenvalue weighted by molar-refractivity contribution is 0.290. The number of hydrogen-bond donors (Lipinski definition) is 0. The van der Waals surface area contributed by atoms with Crippen molar-refractivity contribution >= 4 is 11.6 Å². The van der Waals surface area contributed by atoms with E-state index in [0.29, 0.717) is 11.6 Å². The molecule has 0 amide bonds. The van der Waals surface area contributed by atoms with Gasteiger partial charge in [-0.1, -0.05) is 23.7 Å². The third-order valence-electron chi connectivity index (χ3n) is 3.37. The van der Waals surface area contributed by atoms with Crippen molar-refractivity contribution in [1.29, 1.82) is 0 Å². The summed E-state index contributed by atoms with van der Waals surface area (Å²) in [6.45, 7) is 9.33. The van der Waals surface area contributed by atoms with Gasteiger partial charge >= 0.3 is 0 Å². The van der Waals surface area contributed by atoms with Crippen LogP contribution in [-0.2, 0) is 13.2 Å². The summed E-state index contributed by atoms with van der Waals surface area (Å²) in [5.41, 5.74) is 4.17. The summed E-state index contributed by atoms with van der Waals surface area (Å²) in [6.07, 6.45) is 0. The van der Waals surface area contributed by atoms with Gasteiger partial charge in [0.2, 0.25) is 0 Å². The van der Waals surface area contributed by atoms with Crippen molar-refractivity contribution in [3.8, 4) is 5.75 Å². The Morgan fingerprint density at radius 1 is 1.26 bits per heavy atom. The molecule has 102 valence electrons. The molecule has 0 atom stereocenters. The van der Waals surface area contributed by atoms with Crippen LogP contribution in [0, 0.1) is 20.8 Å². The van der Waals surface area contributed by atoms with Gasteiger partial charge in [0.1, 0.15) is 12.4 Å². The summed E-state index contributed by atoms with van der Waals surface area (Å²) in [6, 6.07) is 6.06. The average molecular weight is 279 g/mol. The summed E-state index contributed by atoms with van der Waals surface area (Å²) in [7, 11) is 0. The van der Waals surface area contributed by atoms with Gasteiger partial charge in [-0.15, -0.1) is 0 Å². The Kier molecular flexibility index (Phi) is 4.15. The molecule has 0 saturated carbocycles. The molecule has 0 bridgehead atoms. The zero-order chi connectivity index (χ0) is 14.0. The quantitative estimate of drug-likeness (QED) is 0.843. The molecule has 0 spiro atoms. The minimum absolute atomic E-state index is 0.442. The fourth-order valence-corrected chi connectivity index (χ4v) is 2.22. The van der Waals surface area contributed by atoms with Crippen LogP contribution in [0.1, 0.15) is 29.4 Å². The van der Waals surface area contributed by atoms with E-state index < -0.39 is 0 Å². The normalized spacial score (nSPS) is 10.8. The van der Waals surface area contributed by atoms with Gasteiger partial charge in [0.15, 0.2) is 0 Å². The van der Waals surface area contributed by atoms with Crippen molar-refractivity contribution in [3.05, 3.63) is 45.7 Å². The van der Waals surface area contributed by atoms with Gasteiger partial charge in [-0.05, 0) is 44.9 Å². The van der Waals surface area contributed by atoms with E-state index in [2.05, 4.69) is 25.0 Å². The maximum absolute atomic E-state index is 6.27. The zero-order valence-electron chi connectivity index (χ0n) is 11.8. The van der Waals surface area contributed by atoms with E-state index in [1.165, 1.54) is 5.56 Å². The van der Waals surface area contributed by atoms with Crippen molar-refractivity contribution in [2.45, 2.75) is 40.8 Å². The van der Waals surface area contributed by atoms with Gasteiger partial charge in [0.25, 0.3) is 0 Å². The first kappa shape index (κ1) is 13.9. The average Bonchev–Trinajstić information content (AvgIpc) is 2.67. The predicted molar refractivity (Wildman–Crippen MR) is 77.9 cm³/mol. The Morgan fingerprint density at radius 2 is 2.00 bits per heavy atom. The molecular weight excluding hydrogens is 260 g/mol. The molecule has 2 rings (SSSR count). The Hall–Kier alpha value is -1.48. The van der Waals surface area contributed by atoms with Crippen LogP contribution in [0.2, 0.25) is 5.02 Å². The molecule has 0 saturated heterocycles. The van der Waals surface area contributed by atoms with E-state index in [-0.39, 0.29) is 0 Å². The predicted octanol–water partition coefficient (Wildman–Crippen LogP) is 4.06. The van der Waals surface area contributed by atoms with Crippen molar-refractivity contribution in [2.75, 3.05) is 0 Å². The molecule has 0 aliphatic heterocycles. The van der Waals surface area contributed by atoms with Gasteiger partial charge in [-0.25, -0.2) is 0 Å². The molecule has 2 aromatic rings. The highest BCUT2D eigenvalue weighted by Gasteiger charge is 2.13. The maximum Gasteiger partial charge on any atom is 0.131 e. The van der Waals surface area contributed by atoms with Crippen molar-refractivity contribution in [1.82, 2.24) is 9.78 Å². The molecular formula is C15H19ClN2O. The number of aryl methyl sites for hydroxylation is 3. The molecule has 0 radical (unpaired) electrons. The van der Waals surface area contributed by atoms with E-state index in [4.69, 9.17) is 16.3 Å². The molecule has 0 aliphatic rings. The highest BCUT2D eigenvalue weighted by molar-refractivity contribution is 6.31. The summed E-state index contributed by atoms with van der Waals surface area (Å²) in [4.78, 5) is 0. The Labute approximate surface area is 119 Å². The maximum atomic E-state index is 6.27. The van der Waals surface area contributed by atoms with Crippen LogP contribution >= 0.6 is 11.6 Å². The van der Waals surface area contributed by atoms with E-state index in [1.54, 1.807) is 0 Å². The van der Waals surface area contributed by atoms with Crippen LogP contribution in [0.3, 0.4) is 0 Å². The van der Waals surface area contributed by atoms with Crippen LogP contribution in [0.5, 0.6) is 5.75 Å². The SMILES string of the molecule is CCn1nc(C)c(Cl)c1COc1cccc(C)c1C. The topological polar surface area (TPSA) is 27.1 Å². The van der Waals surface area contributed by atoms with E-state index in [0.717, 1.165) is 29.2 Å². The zero-order valence-corrected chi connectivity index (χ0v) is 12.6. The number of halogens is 1. The van der Waals surface area contributed by atoms with Gasteiger partial charge in [-0.3, -0.25) is 4.68 Å². The van der Waals surface area contributed by atoms with Gasteiger partial charge in [0.05, 0.1) is 16.4 Å². The number of rotatable bonds is 4. The number of ether oxygens (including phenoxy) is 1. The third kappa shape index (κ3) is 2.76. The van der Waals surface area contributed by atoms with Crippen LogP contribution < -0.4 is 4.74 Å².